The molecule has 1 amide bonds. The summed E-state index contributed by atoms with van der Waals surface area (Å²) in [6.07, 6.45) is 0.594. The van der Waals surface area contributed by atoms with Gasteiger partial charge in [-0.1, -0.05) is 12.1 Å². The summed E-state index contributed by atoms with van der Waals surface area (Å²) in [6.45, 7) is 6.32. The van der Waals surface area contributed by atoms with Gasteiger partial charge in [0.15, 0.2) is 0 Å². The normalized spacial score (nSPS) is 17.7. The molecule has 0 saturated carbocycles. The first-order valence-electron chi connectivity index (χ1n) is 7.41. The molecule has 1 saturated heterocycles. The summed E-state index contributed by atoms with van der Waals surface area (Å²) in [5, 5.41) is 9.59. The van der Waals surface area contributed by atoms with Crippen molar-refractivity contribution in [1.29, 1.82) is 5.26 Å². The van der Waals surface area contributed by atoms with E-state index in [-0.39, 0.29) is 11.9 Å². The van der Waals surface area contributed by atoms with Crippen molar-refractivity contribution in [2.75, 3.05) is 13.1 Å². The number of amides is 1. The highest BCUT2D eigenvalue weighted by Gasteiger charge is 2.38. The fourth-order valence-electron chi connectivity index (χ4n) is 2.65. The largest absolute Gasteiger partial charge is 0.444 e. The van der Waals surface area contributed by atoms with Crippen LogP contribution in [0.5, 0.6) is 0 Å². The third-order valence-corrected chi connectivity index (χ3v) is 3.86. The van der Waals surface area contributed by atoms with Crippen LogP contribution in [0.15, 0.2) is 24.3 Å². The van der Waals surface area contributed by atoms with Crippen molar-refractivity contribution in [3.63, 3.8) is 0 Å². The summed E-state index contributed by atoms with van der Waals surface area (Å²) in [5.41, 5.74) is -0.594. The van der Waals surface area contributed by atoms with Crippen LogP contribution in [0.3, 0.4) is 0 Å². The zero-order valence-corrected chi connectivity index (χ0v) is 13.2. The standard InChI is InChI=1S/C17H21FN2O2/c1-16(2,3)22-15(21)20-9-7-17(12-19,8-10-20)13-5-4-6-14(18)11-13/h4-6,11H,7-10H2,1-3H3. The Morgan fingerprint density at radius 2 is 2.00 bits per heavy atom. The third kappa shape index (κ3) is 3.56. The number of hydrogen-bond acceptors (Lipinski definition) is 3. The van der Waals surface area contributed by atoms with Crippen molar-refractivity contribution < 1.29 is 13.9 Å². The molecule has 0 N–H and O–H groups in total. The molecule has 1 aliphatic heterocycles. The Balaban J connectivity index is 2.09. The van der Waals surface area contributed by atoms with Crippen molar-refractivity contribution in [2.24, 2.45) is 0 Å². The Hall–Kier alpha value is -2.09. The minimum absolute atomic E-state index is 0.346. The first-order chi connectivity index (χ1) is 10.3. The van der Waals surface area contributed by atoms with E-state index in [2.05, 4.69) is 6.07 Å². The van der Waals surface area contributed by atoms with Crippen LogP contribution < -0.4 is 0 Å². The molecule has 1 aromatic rings. The lowest BCUT2D eigenvalue weighted by Gasteiger charge is -2.38. The average molecular weight is 304 g/mol. The second-order valence-electron chi connectivity index (χ2n) is 6.67. The fraction of sp³-hybridized carbons (Fsp3) is 0.529. The number of benzene rings is 1. The van der Waals surface area contributed by atoms with Gasteiger partial charge in [-0.15, -0.1) is 0 Å². The maximum Gasteiger partial charge on any atom is 0.410 e. The number of rotatable bonds is 1. The molecule has 0 spiro atoms. The Morgan fingerprint density at radius 3 is 2.50 bits per heavy atom. The molecule has 1 fully saturated rings. The maximum atomic E-state index is 13.4. The first-order valence-corrected chi connectivity index (χ1v) is 7.41. The molecular formula is C17H21FN2O2. The number of carbonyl (C=O) groups excluding carboxylic acids is 1. The summed E-state index contributed by atoms with van der Waals surface area (Å²) in [4.78, 5) is 13.7. The molecular weight excluding hydrogens is 283 g/mol. The fourth-order valence-corrected chi connectivity index (χ4v) is 2.65. The Labute approximate surface area is 130 Å². The zero-order chi connectivity index (χ0) is 16.4. The Morgan fingerprint density at radius 1 is 1.36 bits per heavy atom. The van der Waals surface area contributed by atoms with Crippen LogP contribution in [0, 0.1) is 17.1 Å². The second-order valence-corrected chi connectivity index (χ2v) is 6.67. The Bertz CT molecular complexity index is 593. The topological polar surface area (TPSA) is 53.3 Å². The van der Waals surface area contributed by atoms with Gasteiger partial charge in [0.05, 0.1) is 11.5 Å². The van der Waals surface area contributed by atoms with E-state index < -0.39 is 11.0 Å². The monoisotopic (exact) mass is 304 g/mol. The molecule has 0 aliphatic carbocycles. The van der Waals surface area contributed by atoms with E-state index in [1.54, 1.807) is 17.0 Å². The van der Waals surface area contributed by atoms with E-state index >= 15 is 0 Å². The molecule has 1 aromatic carbocycles. The van der Waals surface area contributed by atoms with E-state index in [1.807, 2.05) is 20.8 Å². The number of hydrogen-bond donors (Lipinski definition) is 0. The maximum absolute atomic E-state index is 13.4. The van der Waals surface area contributed by atoms with Crippen molar-refractivity contribution in [1.82, 2.24) is 4.90 Å². The van der Waals surface area contributed by atoms with Crippen LogP contribution in [0.4, 0.5) is 9.18 Å². The van der Waals surface area contributed by atoms with E-state index in [4.69, 9.17) is 4.74 Å². The number of piperidine rings is 1. The number of nitriles is 1. The van der Waals surface area contributed by atoms with Gasteiger partial charge in [0.2, 0.25) is 0 Å². The molecule has 0 bridgehead atoms. The molecule has 0 radical (unpaired) electrons. The highest BCUT2D eigenvalue weighted by Crippen LogP contribution is 2.35. The van der Waals surface area contributed by atoms with Crippen LogP contribution in [0.1, 0.15) is 39.2 Å². The van der Waals surface area contributed by atoms with Crippen molar-refractivity contribution in [3.05, 3.63) is 35.6 Å². The smallest absolute Gasteiger partial charge is 0.410 e. The molecule has 4 nitrogen and oxygen atoms in total. The molecule has 118 valence electrons. The number of likely N-dealkylation sites (tertiary alicyclic amines) is 1. The molecule has 0 aromatic heterocycles. The van der Waals surface area contributed by atoms with E-state index in [0.717, 1.165) is 0 Å². The zero-order valence-electron chi connectivity index (χ0n) is 13.2. The summed E-state index contributed by atoms with van der Waals surface area (Å²) in [5.74, 6) is -0.346. The van der Waals surface area contributed by atoms with Crippen LogP contribution >= 0.6 is 0 Å². The molecule has 1 aliphatic rings. The predicted octanol–water partition coefficient (Wildman–Crippen LogP) is 3.62. The quantitative estimate of drug-likeness (QED) is 0.796. The van der Waals surface area contributed by atoms with Gasteiger partial charge < -0.3 is 9.64 Å². The van der Waals surface area contributed by atoms with Gasteiger partial charge in [-0.05, 0) is 51.3 Å². The molecule has 22 heavy (non-hydrogen) atoms. The second kappa shape index (κ2) is 5.96. The lowest BCUT2D eigenvalue weighted by atomic mass is 9.74. The predicted molar refractivity (Wildman–Crippen MR) is 80.7 cm³/mol. The van der Waals surface area contributed by atoms with Crippen LogP contribution in [-0.4, -0.2) is 29.7 Å². The number of halogens is 1. The number of nitrogens with zero attached hydrogens (tertiary/aromatic N) is 2. The summed E-state index contributed by atoms with van der Waals surface area (Å²) in [6, 6.07) is 8.49. The lowest BCUT2D eigenvalue weighted by molar-refractivity contribution is 0.0185. The minimum Gasteiger partial charge on any atom is -0.444 e. The first kappa shape index (κ1) is 16.3. The number of carbonyl (C=O) groups is 1. The summed E-state index contributed by atoms with van der Waals surface area (Å²) >= 11 is 0. The van der Waals surface area contributed by atoms with E-state index in [0.29, 0.717) is 31.5 Å². The highest BCUT2D eigenvalue weighted by atomic mass is 19.1. The average Bonchev–Trinajstić information content (AvgIpc) is 2.45. The van der Waals surface area contributed by atoms with Crippen LogP contribution in [-0.2, 0) is 10.2 Å². The van der Waals surface area contributed by atoms with Crippen molar-refractivity contribution in [3.8, 4) is 6.07 Å². The third-order valence-electron chi connectivity index (χ3n) is 3.86. The van der Waals surface area contributed by atoms with Gasteiger partial charge in [0.1, 0.15) is 11.4 Å². The Kier molecular flexibility index (Phi) is 4.41. The molecule has 2 rings (SSSR count). The van der Waals surface area contributed by atoms with Crippen molar-refractivity contribution >= 4 is 6.09 Å². The minimum atomic E-state index is -0.736. The van der Waals surface area contributed by atoms with Crippen LogP contribution in [0.25, 0.3) is 0 Å². The SMILES string of the molecule is CC(C)(C)OC(=O)N1CCC(C#N)(c2cccc(F)c2)CC1. The molecule has 0 atom stereocenters. The van der Waals surface area contributed by atoms with Gasteiger partial charge >= 0.3 is 6.09 Å². The molecule has 0 unspecified atom stereocenters. The van der Waals surface area contributed by atoms with E-state index in [9.17, 15) is 14.4 Å². The van der Waals surface area contributed by atoms with Crippen molar-refractivity contribution in [2.45, 2.75) is 44.6 Å². The molecule has 5 heteroatoms. The lowest BCUT2D eigenvalue weighted by Crippen LogP contribution is -2.46. The summed E-state index contributed by atoms with van der Waals surface area (Å²) in [7, 11) is 0. The van der Waals surface area contributed by atoms with E-state index in [1.165, 1.54) is 12.1 Å². The van der Waals surface area contributed by atoms with Gasteiger partial charge in [-0.3, -0.25) is 0 Å². The summed E-state index contributed by atoms with van der Waals surface area (Å²) < 4.78 is 18.8. The number of ether oxygens (including phenoxy) is 1. The van der Waals surface area contributed by atoms with Gasteiger partial charge in [-0.25, -0.2) is 9.18 Å². The van der Waals surface area contributed by atoms with Gasteiger partial charge in [-0.2, -0.15) is 5.26 Å². The van der Waals surface area contributed by atoms with Gasteiger partial charge in [0.25, 0.3) is 0 Å². The van der Waals surface area contributed by atoms with Gasteiger partial charge in [0, 0.05) is 13.1 Å². The van der Waals surface area contributed by atoms with Crippen LogP contribution in [0.2, 0.25) is 0 Å². The highest BCUT2D eigenvalue weighted by molar-refractivity contribution is 5.68. The molecule has 1 heterocycles.